The molecule has 1 aromatic rings. The maximum atomic E-state index is 11.8. The lowest BCUT2D eigenvalue weighted by atomic mass is 10.1. The van der Waals surface area contributed by atoms with Gasteiger partial charge in [0.25, 0.3) is 0 Å². The second kappa shape index (κ2) is 5.52. The lowest BCUT2D eigenvalue weighted by Gasteiger charge is -2.10. The van der Waals surface area contributed by atoms with E-state index in [-0.39, 0.29) is 30.4 Å². The molecule has 5 nitrogen and oxygen atoms in total. The number of hydrazone groups is 1. The highest BCUT2D eigenvalue weighted by Crippen LogP contribution is 2.14. The molecule has 0 aromatic heterocycles. The van der Waals surface area contributed by atoms with Gasteiger partial charge in [-0.3, -0.25) is 4.79 Å². The summed E-state index contributed by atoms with van der Waals surface area (Å²) in [5.74, 6) is -0.101. The van der Waals surface area contributed by atoms with E-state index in [0.717, 1.165) is 5.56 Å². The Bertz CT molecular complexity index is 594. The first-order valence-corrected chi connectivity index (χ1v) is 7.97. The van der Waals surface area contributed by atoms with Gasteiger partial charge in [0.2, 0.25) is 5.91 Å². The molecule has 0 bridgehead atoms. The summed E-state index contributed by atoms with van der Waals surface area (Å²) < 4.78 is 22.9. The third kappa shape index (κ3) is 3.41. The first kappa shape index (κ1) is 13.7. The Balaban J connectivity index is 2.07. The Morgan fingerprint density at radius 2 is 1.95 bits per heavy atom. The van der Waals surface area contributed by atoms with Crippen molar-refractivity contribution >= 4 is 21.5 Å². The van der Waals surface area contributed by atoms with Crippen molar-refractivity contribution in [2.45, 2.75) is 13.3 Å². The van der Waals surface area contributed by atoms with Crippen molar-refractivity contribution in [1.82, 2.24) is 5.01 Å². The number of amides is 1. The molecule has 1 amide bonds. The van der Waals surface area contributed by atoms with Gasteiger partial charge in [0.15, 0.2) is 9.84 Å². The van der Waals surface area contributed by atoms with E-state index in [0.29, 0.717) is 5.71 Å². The minimum absolute atomic E-state index is 0.0409. The van der Waals surface area contributed by atoms with Crippen LogP contribution >= 0.6 is 0 Å². The molecule has 1 aromatic carbocycles. The number of carbonyl (C=O) groups excluding carboxylic acids is 1. The van der Waals surface area contributed by atoms with Crippen LogP contribution in [0, 0.1) is 0 Å². The van der Waals surface area contributed by atoms with Crippen LogP contribution in [0.1, 0.15) is 18.9 Å². The summed E-state index contributed by atoms with van der Waals surface area (Å²) in [6.45, 7) is 1.73. The van der Waals surface area contributed by atoms with E-state index in [4.69, 9.17) is 0 Å². The number of carbonyl (C=O) groups is 1. The number of hydrogen-bond acceptors (Lipinski definition) is 4. The molecule has 0 spiro atoms. The van der Waals surface area contributed by atoms with Crippen LogP contribution in [-0.4, -0.2) is 43.1 Å². The Labute approximate surface area is 112 Å². The summed E-state index contributed by atoms with van der Waals surface area (Å²) >= 11 is 0. The fourth-order valence-electron chi connectivity index (χ4n) is 1.81. The quantitative estimate of drug-likeness (QED) is 0.810. The predicted molar refractivity (Wildman–Crippen MR) is 73.6 cm³/mol. The summed E-state index contributed by atoms with van der Waals surface area (Å²) in [6.07, 6.45) is 0.232. The molecule has 0 unspecified atom stereocenters. The van der Waals surface area contributed by atoms with Gasteiger partial charge < -0.3 is 0 Å². The molecule has 0 saturated carbocycles. The van der Waals surface area contributed by atoms with Gasteiger partial charge in [-0.25, -0.2) is 13.4 Å². The number of benzene rings is 1. The zero-order chi connectivity index (χ0) is 13.9. The van der Waals surface area contributed by atoms with Crippen LogP contribution in [0.15, 0.2) is 35.4 Å². The molecule has 102 valence electrons. The highest BCUT2D eigenvalue weighted by molar-refractivity contribution is 7.91. The van der Waals surface area contributed by atoms with Crippen molar-refractivity contribution in [2.24, 2.45) is 5.10 Å². The van der Waals surface area contributed by atoms with E-state index in [2.05, 4.69) is 5.10 Å². The van der Waals surface area contributed by atoms with Crippen molar-refractivity contribution in [3.8, 4) is 0 Å². The SMILES string of the molecule is CCS(=O)(=O)CCN1N=C(c2ccccc2)CC1=O. The average molecular weight is 280 g/mol. The standard InChI is InChI=1S/C13H16N2O3S/c1-2-19(17,18)9-8-15-13(16)10-12(14-15)11-6-4-3-5-7-11/h3-7H,2,8-10H2,1H3. The predicted octanol–water partition coefficient (Wildman–Crippen LogP) is 1.06. The van der Waals surface area contributed by atoms with Crippen LogP contribution < -0.4 is 0 Å². The summed E-state index contributed by atoms with van der Waals surface area (Å²) in [5.41, 5.74) is 1.59. The van der Waals surface area contributed by atoms with E-state index in [9.17, 15) is 13.2 Å². The third-order valence-electron chi connectivity index (χ3n) is 3.01. The van der Waals surface area contributed by atoms with Crippen molar-refractivity contribution in [3.05, 3.63) is 35.9 Å². The normalized spacial score (nSPS) is 15.7. The first-order chi connectivity index (χ1) is 9.02. The van der Waals surface area contributed by atoms with E-state index >= 15 is 0 Å². The number of hydrogen-bond donors (Lipinski definition) is 0. The van der Waals surface area contributed by atoms with Gasteiger partial charge in [0.1, 0.15) is 0 Å². The van der Waals surface area contributed by atoms with Gasteiger partial charge in [-0.1, -0.05) is 37.3 Å². The van der Waals surface area contributed by atoms with Crippen molar-refractivity contribution in [1.29, 1.82) is 0 Å². The number of nitrogens with zero attached hydrogens (tertiary/aromatic N) is 2. The second-order valence-corrected chi connectivity index (χ2v) is 6.82. The minimum atomic E-state index is -3.08. The largest absolute Gasteiger partial charge is 0.273 e. The smallest absolute Gasteiger partial charge is 0.248 e. The average Bonchev–Trinajstić information content (AvgIpc) is 2.79. The van der Waals surface area contributed by atoms with Crippen molar-refractivity contribution in [3.63, 3.8) is 0 Å². The molecule has 2 rings (SSSR count). The Kier molecular flexibility index (Phi) is 3.99. The molecule has 0 aliphatic carbocycles. The Morgan fingerprint density at radius 3 is 2.58 bits per heavy atom. The lowest BCUT2D eigenvalue weighted by Crippen LogP contribution is -2.27. The van der Waals surface area contributed by atoms with Crippen LogP contribution in [0.25, 0.3) is 0 Å². The lowest BCUT2D eigenvalue weighted by molar-refractivity contribution is -0.128. The monoisotopic (exact) mass is 280 g/mol. The molecule has 1 aliphatic heterocycles. The summed E-state index contributed by atoms with van der Waals surface area (Å²) in [7, 11) is -3.08. The maximum Gasteiger partial charge on any atom is 0.248 e. The Morgan fingerprint density at radius 1 is 1.26 bits per heavy atom. The summed E-state index contributed by atoms with van der Waals surface area (Å²) in [4.78, 5) is 11.8. The number of rotatable bonds is 5. The van der Waals surface area contributed by atoms with Gasteiger partial charge in [0.05, 0.1) is 24.4 Å². The molecule has 1 heterocycles. The van der Waals surface area contributed by atoms with Crippen LogP contribution in [-0.2, 0) is 14.6 Å². The molecule has 0 fully saturated rings. The van der Waals surface area contributed by atoms with E-state index in [1.165, 1.54) is 5.01 Å². The van der Waals surface area contributed by atoms with Crippen molar-refractivity contribution in [2.75, 3.05) is 18.1 Å². The maximum absolute atomic E-state index is 11.8. The molecule has 6 heteroatoms. The van der Waals surface area contributed by atoms with Crippen LogP contribution in [0.3, 0.4) is 0 Å². The van der Waals surface area contributed by atoms with Crippen molar-refractivity contribution < 1.29 is 13.2 Å². The molecule has 19 heavy (non-hydrogen) atoms. The van der Waals surface area contributed by atoms with E-state index < -0.39 is 9.84 Å². The fraction of sp³-hybridized carbons (Fsp3) is 0.385. The van der Waals surface area contributed by atoms with Gasteiger partial charge in [-0.2, -0.15) is 5.10 Å². The Hall–Kier alpha value is -1.69. The molecular weight excluding hydrogens is 264 g/mol. The molecule has 0 saturated heterocycles. The second-order valence-electron chi connectivity index (χ2n) is 4.34. The molecule has 1 aliphatic rings. The van der Waals surface area contributed by atoms with Crippen LogP contribution in [0.2, 0.25) is 0 Å². The number of sulfone groups is 1. The highest BCUT2D eigenvalue weighted by Gasteiger charge is 2.25. The molecule has 0 atom stereocenters. The third-order valence-corrected chi connectivity index (χ3v) is 4.69. The zero-order valence-corrected chi connectivity index (χ0v) is 11.6. The highest BCUT2D eigenvalue weighted by atomic mass is 32.2. The van der Waals surface area contributed by atoms with E-state index in [1.54, 1.807) is 6.92 Å². The summed E-state index contributed by atoms with van der Waals surface area (Å²) in [6, 6.07) is 9.43. The first-order valence-electron chi connectivity index (χ1n) is 6.15. The van der Waals surface area contributed by atoms with E-state index in [1.807, 2.05) is 30.3 Å². The molecule has 0 radical (unpaired) electrons. The van der Waals surface area contributed by atoms with Gasteiger partial charge >= 0.3 is 0 Å². The van der Waals surface area contributed by atoms with Crippen LogP contribution in [0.4, 0.5) is 0 Å². The fourth-order valence-corrected chi connectivity index (χ4v) is 2.55. The zero-order valence-electron chi connectivity index (χ0n) is 10.7. The topological polar surface area (TPSA) is 66.8 Å². The molecular formula is C13H16N2O3S. The van der Waals surface area contributed by atoms with Gasteiger partial charge in [-0.05, 0) is 5.56 Å². The molecule has 0 N–H and O–H groups in total. The van der Waals surface area contributed by atoms with Crippen LogP contribution in [0.5, 0.6) is 0 Å². The van der Waals surface area contributed by atoms with Gasteiger partial charge in [0, 0.05) is 5.75 Å². The minimum Gasteiger partial charge on any atom is -0.273 e. The van der Waals surface area contributed by atoms with Gasteiger partial charge in [-0.15, -0.1) is 0 Å². The summed E-state index contributed by atoms with van der Waals surface area (Å²) in [5, 5.41) is 5.47.